The summed E-state index contributed by atoms with van der Waals surface area (Å²) in [5.41, 5.74) is 0.986. The van der Waals surface area contributed by atoms with E-state index in [-0.39, 0.29) is 0 Å². The van der Waals surface area contributed by atoms with Gasteiger partial charge in [-0.05, 0) is 32.5 Å². The first-order valence-corrected chi connectivity index (χ1v) is 8.18. The van der Waals surface area contributed by atoms with Crippen LogP contribution in [0.3, 0.4) is 0 Å². The summed E-state index contributed by atoms with van der Waals surface area (Å²) in [6.45, 7) is 5.32. The number of hydrogen-bond acceptors (Lipinski definition) is 5. The molecule has 0 unspecified atom stereocenters. The molecule has 1 aromatic carbocycles. The molecule has 1 aliphatic rings. The smallest absolute Gasteiger partial charge is 0.208 e. The minimum Gasteiger partial charge on any atom is -0.445 e. The van der Waals surface area contributed by atoms with E-state index in [4.69, 9.17) is 4.42 Å². The van der Waals surface area contributed by atoms with Gasteiger partial charge in [0.25, 0.3) is 0 Å². The molecule has 0 spiro atoms. The Balaban J connectivity index is 1.50. The molecule has 0 amide bonds. The second-order valence-electron chi connectivity index (χ2n) is 6.41. The summed E-state index contributed by atoms with van der Waals surface area (Å²) in [6, 6.07) is 10.4. The highest BCUT2D eigenvalue weighted by atomic mass is 16.4. The molecule has 0 saturated carbocycles. The van der Waals surface area contributed by atoms with E-state index < -0.39 is 6.10 Å². The fourth-order valence-corrected chi connectivity index (χ4v) is 3.18. The summed E-state index contributed by atoms with van der Waals surface area (Å²) in [5, 5.41) is 10.4. The van der Waals surface area contributed by atoms with Gasteiger partial charge in [-0.1, -0.05) is 30.3 Å². The van der Waals surface area contributed by atoms with Crippen molar-refractivity contribution in [1.29, 1.82) is 0 Å². The zero-order valence-electron chi connectivity index (χ0n) is 13.9. The summed E-state index contributed by atoms with van der Waals surface area (Å²) in [7, 11) is 2.11. The second kappa shape index (κ2) is 7.25. The Morgan fingerprint density at radius 3 is 2.87 bits per heavy atom. The van der Waals surface area contributed by atoms with Gasteiger partial charge in [0.15, 0.2) is 0 Å². The van der Waals surface area contributed by atoms with Crippen LogP contribution in [0.2, 0.25) is 0 Å². The molecule has 1 N–H and O–H groups in total. The van der Waals surface area contributed by atoms with Gasteiger partial charge < -0.3 is 9.52 Å². The van der Waals surface area contributed by atoms with Crippen molar-refractivity contribution >= 4 is 0 Å². The molecular formula is C18H25N3O2. The maximum Gasteiger partial charge on any atom is 0.208 e. The number of hydrogen-bond donors (Lipinski definition) is 1. The van der Waals surface area contributed by atoms with Crippen LogP contribution in [0.4, 0.5) is 0 Å². The number of benzene rings is 1. The Bertz CT molecular complexity index is 614. The monoisotopic (exact) mass is 315 g/mol. The molecular weight excluding hydrogens is 290 g/mol. The van der Waals surface area contributed by atoms with Crippen LogP contribution in [-0.4, -0.2) is 52.6 Å². The first-order chi connectivity index (χ1) is 11.1. The Hall–Kier alpha value is -1.69. The average Bonchev–Trinajstić information content (AvgIpc) is 3.17. The fourth-order valence-electron chi connectivity index (χ4n) is 3.18. The number of rotatable bonds is 6. The zero-order chi connectivity index (χ0) is 16.2. The van der Waals surface area contributed by atoms with Crippen LogP contribution in [0.5, 0.6) is 0 Å². The first kappa shape index (κ1) is 16.2. The minimum absolute atomic E-state index is 0.422. The molecule has 1 fully saturated rings. The van der Waals surface area contributed by atoms with E-state index in [2.05, 4.69) is 21.8 Å². The number of nitrogens with zero attached hydrogens (tertiary/aromatic N) is 3. The Morgan fingerprint density at radius 1 is 1.39 bits per heavy atom. The van der Waals surface area contributed by atoms with Crippen LogP contribution in [-0.2, 0) is 6.54 Å². The highest BCUT2D eigenvalue weighted by Gasteiger charge is 2.27. The molecule has 0 radical (unpaired) electrons. The van der Waals surface area contributed by atoms with Crippen molar-refractivity contribution in [2.45, 2.75) is 32.0 Å². The molecule has 5 heteroatoms. The van der Waals surface area contributed by atoms with E-state index >= 15 is 0 Å². The van der Waals surface area contributed by atoms with Gasteiger partial charge in [0.1, 0.15) is 5.76 Å². The number of likely N-dealkylation sites (tertiary alicyclic amines) is 1. The molecule has 2 atom stereocenters. The van der Waals surface area contributed by atoms with Gasteiger partial charge in [-0.3, -0.25) is 9.80 Å². The molecule has 0 aliphatic carbocycles. The van der Waals surface area contributed by atoms with Gasteiger partial charge in [-0.2, -0.15) is 0 Å². The van der Waals surface area contributed by atoms with Gasteiger partial charge in [0.05, 0.1) is 18.8 Å². The van der Waals surface area contributed by atoms with Gasteiger partial charge in [0.2, 0.25) is 5.89 Å². The molecule has 1 aliphatic heterocycles. The Kier molecular flexibility index (Phi) is 5.10. The standard InChI is InChI=1S/C18H25N3O2/c1-14-10-19-18(23-14)13-20(2)16-8-9-21(11-16)12-17(22)15-6-4-3-5-7-15/h3-7,10,16-17,22H,8-9,11-13H2,1-2H3/t16-,17-/m1/s1. The molecule has 5 nitrogen and oxygen atoms in total. The third-order valence-corrected chi connectivity index (χ3v) is 4.54. The Morgan fingerprint density at radius 2 is 2.17 bits per heavy atom. The van der Waals surface area contributed by atoms with E-state index in [0.717, 1.165) is 43.3 Å². The highest BCUT2D eigenvalue weighted by Crippen LogP contribution is 2.20. The average molecular weight is 315 g/mol. The van der Waals surface area contributed by atoms with Crippen molar-refractivity contribution < 1.29 is 9.52 Å². The van der Waals surface area contributed by atoms with E-state index in [0.29, 0.717) is 12.6 Å². The van der Waals surface area contributed by atoms with Crippen LogP contribution in [0, 0.1) is 6.92 Å². The number of aromatic nitrogens is 1. The topological polar surface area (TPSA) is 52.7 Å². The largest absolute Gasteiger partial charge is 0.445 e. The quantitative estimate of drug-likeness (QED) is 0.886. The number of aliphatic hydroxyl groups excluding tert-OH is 1. The lowest BCUT2D eigenvalue weighted by atomic mass is 10.1. The number of aryl methyl sites for hydroxylation is 1. The first-order valence-electron chi connectivity index (χ1n) is 8.18. The van der Waals surface area contributed by atoms with Crippen molar-refractivity contribution in [2.75, 3.05) is 26.7 Å². The van der Waals surface area contributed by atoms with Gasteiger partial charge in [-0.25, -0.2) is 4.98 Å². The van der Waals surface area contributed by atoms with Crippen LogP contribution < -0.4 is 0 Å². The fraction of sp³-hybridized carbons (Fsp3) is 0.500. The van der Waals surface area contributed by atoms with E-state index in [1.54, 1.807) is 6.20 Å². The number of oxazole rings is 1. The highest BCUT2D eigenvalue weighted by molar-refractivity contribution is 5.17. The molecule has 1 saturated heterocycles. The summed E-state index contributed by atoms with van der Waals surface area (Å²) in [6.07, 6.45) is 2.45. The Labute approximate surface area is 137 Å². The van der Waals surface area contributed by atoms with Gasteiger partial charge in [0, 0.05) is 19.1 Å². The lowest BCUT2D eigenvalue weighted by molar-refractivity contribution is 0.119. The third-order valence-electron chi connectivity index (χ3n) is 4.54. The summed E-state index contributed by atoms with van der Waals surface area (Å²) in [4.78, 5) is 8.90. The van der Waals surface area contributed by atoms with Crippen molar-refractivity contribution in [2.24, 2.45) is 0 Å². The maximum atomic E-state index is 10.4. The van der Waals surface area contributed by atoms with Gasteiger partial charge >= 0.3 is 0 Å². The summed E-state index contributed by atoms with van der Waals surface area (Å²) >= 11 is 0. The molecule has 3 rings (SSSR count). The van der Waals surface area contributed by atoms with E-state index in [1.807, 2.05) is 37.3 Å². The number of likely N-dealkylation sites (N-methyl/N-ethyl adjacent to an activating group) is 1. The van der Waals surface area contributed by atoms with Crippen molar-refractivity contribution in [3.05, 3.63) is 53.7 Å². The SMILES string of the molecule is Cc1cnc(CN(C)[C@@H]2CCN(C[C@@H](O)c3ccccc3)C2)o1. The van der Waals surface area contributed by atoms with Crippen LogP contribution in [0.15, 0.2) is 40.9 Å². The van der Waals surface area contributed by atoms with Crippen LogP contribution >= 0.6 is 0 Å². The lowest BCUT2D eigenvalue weighted by Gasteiger charge is -2.24. The molecule has 23 heavy (non-hydrogen) atoms. The van der Waals surface area contributed by atoms with E-state index in [1.165, 1.54) is 0 Å². The molecule has 124 valence electrons. The zero-order valence-corrected chi connectivity index (χ0v) is 13.9. The number of β-amino-alcohol motifs (C(OH)–C–C–N with tert-alkyl or cyclic N) is 1. The van der Waals surface area contributed by atoms with Crippen LogP contribution in [0.25, 0.3) is 0 Å². The predicted octanol–water partition coefficient (Wildman–Crippen LogP) is 2.22. The normalized spacial score (nSPS) is 20.3. The molecule has 2 heterocycles. The van der Waals surface area contributed by atoms with Crippen molar-refractivity contribution in [3.8, 4) is 0 Å². The third kappa shape index (κ3) is 4.19. The minimum atomic E-state index is -0.422. The molecule has 1 aromatic heterocycles. The van der Waals surface area contributed by atoms with Crippen LogP contribution in [0.1, 0.15) is 29.7 Å². The molecule has 2 aromatic rings. The molecule has 0 bridgehead atoms. The summed E-state index contributed by atoms with van der Waals surface area (Å²) in [5.74, 6) is 1.63. The van der Waals surface area contributed by atoms with Crippen molar-refractivity contribution in [1.82, 2.24) is 14.8 Å². The second-order valence-corrected chi connectivity index (χ2v) is 6.41. The number of aliphatic hydroxyl groups is 1. The maximum absolute atomic E-state index is 10.4. The van der Waals surface area contributed by atoms with E-state index in [9.17, 15) is 5.11 Å². The van der Waals surface area contributed by atoms with Gasteiger partial charge in [-0.15, -0.1) is 0 Å². The lowest BCUT2D eigenvalue weighted by Crippen LogP contribution is -2.35. The van der Waals surface area contributed by atoms with Crippen molar-refractivity contribution in [3.63, 3.8) is 0 Å². The summed E-state index contributed by atoms with van der Waals surface area (Å²) < 4.78 is 5.56. The predicted molar refractivity (Wildman–Crippen MR) is 89.0 cm³/mol.